The molecule has 2 aromatic heterocycles. The summed E-state index contributed by atoms with van der Waals surface area (Å²) in [4.78, 5) is 28.9. The molecule has 1 N–H and O–H groups in total. The lowest BCUT2D eigenvalue weighted by Crippen LogP contribution is -2.34. The van der Waals surface area contributed by atoms with Gasteiger partial charge in [-0.15, -0.1) is 22.7 Å². The zero-order valence-electron chi connectivity index (χ0n) is 17.1. The average molecular weight is 491 g/mol. The number of thiophene rings is 2. The van der Waals surface area contributed by atoms with E-state index < -0.39 is 16.0 Å². The molecule has 0 bridgehead atoms. The Balaban J connectivity index is 1.37. The van der Waals surface area contributed by atoms with Crippen LogP contribution in [-0.4, -0.2) is 38.3 Å². The first kappa shape index (κ1) is 22.7. The van der Waals surface area contributed by atoms with Crippen molar-refractivity contribution >= 4 is 44.6 Å². The van der Waals surface area contributed by atoms with Crippen molar-refractivity contribution in [2.45, 2.75) is 30.3 Å². The highest BCUT2D eigenvalue weighted by molar-refractivity contribution is 7.89. The van der Waals surface area contributed by atoms with E-state index in [1.54, 1.807) is 16.2 Å². The van der Waals surface area contributed by atoms with E-state index in [1.165, 1.54) is 35.6 Å². The minimum absolute atomic E-state index is 0.0177. The second-order valence-corrected chi connectivity index (χ2v) is 11.0. The molecule has 1 amide bonds. The minimum Gasteiger partial charge on any atom is -0.452 e. The number of rotatable bonds is 8. The number of carbonyl (C=O) groups is 2. The molecule has 1 atom stereocenters. The van der Waals surface area contributed by atoms with Crippen LogP contribution in [0.2, 0.25) is 0 Å². The largest absolute Gasteiger partial charge is 0.452 e. The number of hydrogen-bond acceptors (Lipinski definition) is 7. The van der Waals surface area contributed by atoms with Gasteiger partial charge in [0.05, 0.1) is 16.5 Å². The SMILES string of the molecule is O=C(OCC(=O)N1CCCC1c1cccs1)c1cccc(S(=O)(=O)NCc2cccs2)c1. The predicted octanol–water partition coefficient (Wildman–Crippen LogP) is 3.81. The maximum absolute atomic E-state index is 12.7. The Kier molecular flexibility index (Phi) is 7.04. The first-order chi connectivity index (χ1) is 15.4. The highest BCUT2D eigenvalue weighted by Gasteiger charge is 2.31. The summed E-state index contributed by atoms with van der Waals surface area (Å²) < 4.78 is 32.9. The van der Waals surface area contributed by atoms with Crippen molar-refractivity contribution < 1.29 is 22.7 Å². The van der Waals surface area contributed by atoms with Crippen LogP contribution < -0.4 is 4.72 Å². The van der Waals surface area contributed by atoms with Gasteiger partial charge in [-0.25, -0.2) is 17.9 Å². The van der Waals surface area contributed by atoms with Crippen LogP contribution >= 0.6 is 22.7 Å². The van der Waals surface area contributed by atoms with Crippen molar-refractivity contribution in [1.29, 1.82) is 0 Å². The number of amides is 1. The monoisotopic (exact) mass is 490 g/mol. The third-order valence-electron chi connectivity index (χ3n) is 5.17. The molecule has 0 saturated carbocycles. The number of benzene rings is 1. The van der Waals surface area contributed by atoms with E-state index >= 15 is 0 Å². The Morgan fingerprint density at radius 3 is 2.66 bits per heavy atom. The Labute approximate surface area is 194 Å². The molecule has 3 heterocycles. The second kappa shape index (κ2) is 9.95. The van der Waals surface area contributed by atoms with E-state index in [2.05, 4.69) is 4.72 Å². The van der Waals surface area contributed by atoms with E-state index in [9.17, 15) is 18.0 Å². The Bertz CT molecular complexity index is 1170. The first-order valence-electron chi connectivity index (χ1n) is 10.1. The normalized spacial score (nSPS) is 16.2. The molecule has 1 aliphatic rings. The number of hydrogen-bond donors (Lipinski definition) is 1. The summed E-state index contributed by atoms with van der Waals surface area (Å²) in [5, 5.41) is 3.85. The first-order valence-corrected chi connectivity index (χ1v) is 13.3. The van der Waals surface area contributed by atoms with Crippen LogP contribution in [0.5, 0.6) is 0 Å². The van der Waals surface area contributed by atoms with Gasteiger partial charge in [0.15, 0.2) is 6.61 Å². The van der Waals surface area contributed by atoms with Crippen LogP contribution in [0.1, 0.15) is 39.0 Å². The van der Waals surface area contributed by atoms with Crippen molar-refractivity contribution in [2.24, 2.45) is 0 Å². The number of nitrogens with one attached hydrogen (secondary N) is 1. The van der Waals surface area contributed by atoms with Gasteiger partial charge in [0.2, 0.25) is 10.0 Å². The van der Waals surface area contributed by atoms with Crippen LogP contribution in [-0.2, 0) is 26.1 Å². The fraction of sp³-hybridized carbons (Fsp3) is 0.273. The van der Waals surface area contributed by atoms with Crippen LogP contribution in [0, 0.1) is 0 Å². The van der Waals surface area contributed by atoms with E-state index in [0.717, 1.165) is 22.6 Å². The maximum atomic E-state index is 12.7. The summed E-state index contributed by atoms with van der Waals surface area (Å²) in [7, 11) is -3.79. The van der Waals surface area contributed by atoms with Gasteiger partial charge in [-0.05, 0) is 53.9 Å². The summed E-state index contributed by atoms with van der Waals surface area (Å²) in [5.74, 6) is -0.990. The molecule has 168 valence electrons. The number of carbonyl (C=O) groups excluding carboxylic acids is 2. The Morgan fingerprint density at radius 1 is 1.09 bits per heavy atom. The molecular weight excluding hydrogens is 468 g/mol. The van der Waals surface area contributed by atoms with Crippen LogP contribution in [0.4, 0.5) is 0 Å². The van der Waals surface area contributed by atoms with E-state index in [4.69, 9.17) is 4.74 Å². The standard InChI is InChI=1S/C22H22N2O5S3/c25-21(24-10-2-8-19(24)20-9-4-12-31-20)15-29-22(26)16-5-1-7-18(13-16)32(27,28)23-14-17-6-3-11-30-17/h1,3-7,9,11-13,19,23H,2,8,10,14-15H2. The predicted molar refractivity (Wildman–Crippen MR) is 123 cm³/mol. The molecule has 4 rings (SSSR count). The summed E-state index contributed by atoms with van der Waals surface area (Å²) in [5.41, 5.74) is 0.0769. The molecular formula is C22H22N2O5S3. The van der Waals surface area contributed by atoms with Gasteiger partial charge in [0.25, 0.3) is 5.91 Å². The number of nitrogens with zero attached hydrogens (tertiary/aromatic N) is 1. The van der Waals surface area contributed by atoms with Gasteiger partial charge < -0.3 is 9.64 Å². The molecule has 0 radical (unpaired) electrons. The lowest BCUT2D eigenvalue weighted by Gasteiger charge is -2.23. The minimum atomic E-state index is -3.79. The van der Waals surface area contributed by atoms with Crippen molar-refractivity contribution in [3.05, 3.63) is 74.6 Å². The number of ether oxygens (including phenoxy) is 1. The maximum Gasteiger partial charge on any atom is 0.338 e. The number of esters is 1. The van der Waals surface area contributed by atoms with Crippen molar-refractivity contribution in [3.8, 4) is 0 Å². The van der Waals surface area contributed by atoms with Crippen LogP contribution in [0.3, 0.4) is 0 Å². The van der Waals surface area contributed by atoms with Crippen molar-refractivity contribution in [1.82, 2.24) is 9.62 Å². The van der Waals surface area contributed by atoms with Gasteiger partial charge in [-0.2, -0.15) is 0 Å². The Hall–Kier alpha value is -2.53. The fourth-order valence-electron chi connectivity index (χ4n) is 3.59. The zero-order valence-corrected chi connectivity index (χ0v) is 19.5. The van der Waals surface area contributed by atoms with E-state index in [1.807, 2.05) is 35.0 Å². The zero-order chi connectivity index (χ0) is 22.6. The molecule has 32 heavy (non-hydrogen) atoms. The molecule has 1 saturated heterocycles. The molecule has 10 heteroatoms. The van der Waals surface area contributed by atoms with Gasteiger partial charge in [-0.3, -0.25) is 4.79 Å². The van der Waals surface area contributed by atoms with Crippen LogP contribution in [0.15, 0.2) is 64.2 Å². The molecule has 0 spiro atoms. The quantitative estimate of drug-likeness (QED) is 0.485. The van der Waals surface area contributed by atoms with Gasteiger partial charge in [-0.1, -0.05) is 18.2 Å². The smallest absolute Gasteiger partial charge is 0.338 e. The van der Waals surface area contributed by atoms with E-state index in [0.29, 0.717) is 6.54 Å². The lowest BCUT2D eigenvalue weighted by atomic mass is 10.2. The third kappa shape index (κ3) is 5.26. The Morgan fingerprint density at radius 2 is 1.91 bits per heavy atom. The van der Waals surface area contributed by atoms with Crippen molar-refractivity contribution in [2.75, 3.05) is 13.2 Å². The molecule has 1 unspecified atom stereocenters. The summed E-state index contributed by atoms with van der Waals surface area (Å²) in [6, 6.07) is 13.3. The average Bonchev–Trinajstić information content (AvgIpc) is 3.57. The third-order valence-corrected chi connectivity index (χ3v) is 8.42. The molecule has 7 nitrogen and oxygen atoms in total. The molecule has 1 aliphatic heterocycles. The molecule has 3 aromatic rings. The van der Waals surface area contributed by atoms with Gasteiger partial charge in [0, 0.05) is 22.8 Å². The van der Waals surface area contributed by atoms with Crippen LogP contribution in [0.25, 0.3) is 0 Å². The summed E-state index contributed by atoms with van der Waals surface area (Å²) in [6.45, 7) is 0.418. The molecule has 1 fully saturated rings. The lowest BCUT2D eigenvalue weighted by molar-refractivity contribution is -0.135. The van der Waals surface area contributed by atoms with Gasteiger partial charge in [0.1, 0.15) is 0 Å². The topological polar surface area (TPSA) is 92.8 Å². The molecule has 1 aromatic carbocycles. The summed E-state index contributed by atoms with van der Waals surface area (Å²) >= 11 is 3.05. The highest BCUT2D eigenvalue weighted by atomic mass is 32.2. The number of likely N-dealkylation sites (tertiary alicyclic amines) is 1. The van der Waals surface area contributed by atoms with E-state index in [-0.39, 0.29) is 35.6 Å². The fourth-order valence-corrected chi connectivity index (χ4v) is 6.25. The van der Waals surface area contributed by atoms with Crippen molar-refractivity contribution in [3.63, 3.8) is 0 Å². The van der Waals surface area contributed by atoms with Gasteiger partial charge >= 0.3 is 5.97 Å². The molecule has 0 aliphatic carbocycles. The second-order valence-electron chi connectivity index (χ2n) is 7.27. The summed E-state index contributed by atoms with van der Waals surface area (Å²) in [6.07, 6.45) is 1.79. The highest BCUT2D eigenvalue weighted by Crippen LogP contribution is 2.34. The number of sulfonamides is 1.